The van der Waals surface area contributed by atoms with Gasteiger partial charge in [0.25, 0.3) is 10.0 Å². The average molecular weight is 344 g/mol. The fraction of sp³-hybridized carbons (Fsp3) is 0.278. The highest BCUT2D eigenvalue weighted by atomic mass is 32.2. The van der Waals surface area contributed by atoms with Crippen molar-refractivity contribution in [1.29, 1.82) is 0 Å². The number of sulfonamides is 1. The number of hydrogen-bond acceptors (Lipinski definition) is 4. The van der Waals surface area contributed by atoms with Crippen molar-refractivity contribution in [2.75, 3.05) is 23.2 Å². The second-order valence-corrected chi connectivity index (χ2v) is 7.74. The normalized spacial score (nSPS) is 14.2. The monoisotopic (exact) mass is 344 g/mol. The first kappa shape index (κ1) is 16.5. The van der Waals surface area contributed by atoms with Gasteiger partial charge in [0.2, 0.25) is 0 Å². The summed E-state index contributed by atoms with van der Waals surface area (Å²) < 4.78 is 27.6. The summed E-state index contributed by atoms with van der Waals surface area (Å²) in [4.78, 5) is 13.6. The van der Waals surface area contributed by atoms with Crippen LogP contribution in [0.15, 0.2) is 47.4 Å². The first-order valence-electron chi connectivity index (χ1n) is 7.85. The predicted molar refractivity (Wildman–Crippen MR) is 95.3 cm³/mol. The van der Waals surface area contributed by atoms with Crippen molar-refractivity contribution in [1.82, 2.24) is 0 Å². The van der Waals surface area contributed by atoms with Crippen molar-refractivity contribution in [3.63, 3.8) is 0 Å². The number of carbonyl (C=O) groups is 1. The Balaban J connectivity index is 1.85. The van der Waals surface area contributed by atoms with Crippen molar-refractivity contribution in [3.05, 3.63) is 53.6 Å². The number of anilines is 2. The zero-order valence-electron chi connectivity index (χ0n) is 13.7. The van der Waals surface area contributed by atoms with Gasteiger partial charge in [-0.15, -0.1) is 0 Å². The summed E-state index contributed by atoms with van der Waals surface area (Å²) in [7, 11) is -1.63. The molecule has 2 aromatic carbocycles. The van der Waals surface area contributed by atoms with Crippen LogP contribution in [0.5, 0.6) is 0 Å². The molecule has 0 aromatic heterocycles. The lowest BCUT2D eigenvalue weighted by Crippen LogP contribution is -2.24. The molecule has 6 heteroatoms. The highest BCUT2D eigenvalue weighted by Gasteiger charge is 2.18. The molecule has 0 bridgehead atoms. The molecule has 0 spiro atoms. The number of fused-ring (bicyclic) bond motifs is 1. The van der Waals surface area contributed by atoms with Crippen LogP contribution in [0.4, 0.5) is 11.4 Å². The highest BCUT2D eigenvalue weighted by Crippen LogP contribution is 2.29. The minimum atomic E-state index is -3.67. The molecule has 0 saturated carbocycles. The maximum absolute atomic E-state index is 12.5. The van der Waals surface area contributed by atoms with E-state index in [4.69, 9.17) is 0 Å². The van der Waals surface area contributed by atoms with Gasteiger partial charge in [-0.3, -0.25) is 9.52 Å². The van der Waals surface area contributed by atoms with Crippen LogP contribution in [0, 0.1) is 0 Å². The maximum Gasteiger partial charge on any atom is 0.261 e. The molecule has 24 heavy (non-hydrogen) atoms. The van der Waals surface area contributed by atoms with Gasteiger partial charge in [0, 0.05) is 30.5 Å². The fourth-order valence-corrected chi connectivity index (χ4v) is 3.98. The molecule has 1 aliphatic heterocycles. The molecule has 5 nitrogen and oxygen atoms in total. The molecule has 0 radical (unpaired) electrons. The third-order valence-corrected chi connectivity index (χ3v) is 5.65. The first-order valence-corrected chi connectivity index (χ1v) is 9.33. The quantitative estimate of drug-likeness (QED) is 0.866. The van der Waals surface area contributed by atoms with Gasteiger partial charge in [-0.1, -0.05) is 12.1 Å². The average Bonchev–Trinajstić information content (AvgIpc) is 2.54. The van der Waals surface area contributed by atoms with Crippen LogP contribution in [0.25, 0.3) is 0 Å². The zero-order chi connectivity index (χ0) is 17.3. The Morgan fingerprint density at radius 2 is 1.83 bits per heavy atom. The van der Waals surface area contributed by atoms with Crippen LogP contribution in [-0.4, -0.2) is 27.8 Å². The molecular formula is C18H20N2O3S. The van der Waals surface area contributed by atoms with E-state index in [2.05, 4.69) is 9.62 Å². The highest BCUT2D eigenvalue weighted by molar-refractivity contribution is 7.92. The fourth-order valence-electron chi connectivity index (χ4n) is 2.93. The summed E-state index contributed by atoms with van der Waals surface area (Å²) in [5.74, 6) is -0.0919. The number of ketones is 1. The van der Waals surface area contributed by atoms with Gasteiger partial charge in [-0.2, -0.15) is 0 Å². The number of nitrogens with zero attached hydrogens (tertiary/aromatic N) is 1. The second-order valence-electron chi connectivity index (χ2n) is 6.05. The van der Waals surface area contributed by atoms with Crippen LogP contribution in [0.3, 0.4) is 0 Å². The summed E-state index contributed by atoms with van der Waals surface area (Å²) in [6.07, 6.45) is 2.01. The minimum Gasteiger partial charge on any atom is -0.374 e. The standard InChI is InChI=1S/C18H20N2O3S/c1-13(21)14-5-8-17(9-6-14)24(22,23)19-16-7-10-18-15(12-16)4-3-11-20(18)2/h5-10,12,19H,3-4,11H2,1-2H3. The number of nitrogens with one attached hydrogen (secondary N) is 1. The van der Waals surface area contributed by atoms with E-state index in [9.17, 15) is 13.2 Å². The molecule has 2 aromatic rings. The van der Waals surface area contributed by atoms with E-state index in [1.165, 1.54) is 31.2 Å². The molecule has 1 heterocycles. The predicted octanol–water partition coefficient (Wildman–Crippen LogP) is 3.07. The molecule has 126 valence electrons. The Kier molecular flexibility index (Phi) is 4.32. The zero-order valence-corrected chi connectivity index (χ0v) is 14.6. The number of benzene rings is 2. The van der Waals surface area contributed by atoms with Gasteiger partial charge in [0.05, 0.1) is 4.90 Å². The van der Waals surface area contributed by atoms with Gasteiger partial charge in [-0.25, -0.2) is 8.42 Å². The Hall–Kier alpha value is -2.34. The van der Waals surface area contributed by atoms with E-state index in [-0.39, 0.29) is 10.7 Å². The summed E-state index contributed by atoms with van der Waals surface area (Å²) in [5.41, 5.74) is 3.34. The van der Waals surface area contributed by atoms with Crippen molar-refractivity contribution in [2.24, 2.45) is 0 Å². The van der Waals surface area contributed by atoms with E-state index >= 15 is 0 Å². The van der Waals surface area contributed by atoms with Crippen molar-refractivity contribution >= 4 is 27.2 Å². The van der Waals surface area contributed by atoms with Gasteiger partial charge in [0.15, 0.2) is 5.78 Å². The van der Waals surface area contributed by atoms with Gasteiger partial charge in [-0.05, 0) is 55.7 Å². The third kappa shape index (κ3) is 3.28. The van der Waals surface area contributed by atoms with Gasteiger partial charge >= 0.3 is 0 Å². The first-order chi connectivity index (χ1) is 11.4. The molecule has 1 aliphatic rings. The molecule has 0 unspecified atom stereocenters. The lowest BCUT2D eigenvalue weighted by molar-refractivity contribution is 0.101. The number of rotatable bonds is 4. The van der Waals surface area contributed by atoms with Crippen LogP contribution < -0.4 is 9.62 Å². The van der Waals surface area contributed by atoms with E-state index in [1.807, 2.05) is 19.2 Å². The maximum atomic E-state index is 12.5. The Morgan fingerprint density at radius 3 is 2.50 bits per heavy atom. The van der Waals surface area contributed by atoms with Crippen molar-refractivity contribution < 1.29 is 13.2 Å². The van der Waals surface area contributed by atoms with E-state index in [0.717, 1.165) is 30.6 Å². The Bertz CT molecular complexity index is 874. The number of aryl methyl sites for hydroxylation is 1. The van der Waals surface area contributed by atoms with Crippen molar-refractivity contribution in [2.45, 2.75) is 24.7 Å². The minimum absolute atomic E-state index is 0.0919. The molecular weight excluding hydrogens is 324 g/mol. The summed E-state index contributed by atoms with van der Waals surface area (Å²) in [5, 5.41) is 0. The van der Waals surface area contributed by atoms with Crippen LogP contribution in [-0.2, 0) is 16.4 Å². The largest absolute Gasteiger partial charge is 0.374 e. The molecule has 1 N–H and O–H groups in total. The van der Waals surface area contributed by atoms with E-state index < -0.39 is 10.0 Å². The Labute approximate surface area is 142 Å². The summed E-state index contributed by atoms with van der Waals surface area (Å²) in [6.45, 7) is 2.46. The van der Waals surface area contributed by atoms with Gasteiger partial charge < -0.3 is 4.90 Å². The molecule has 3 rings (SSSR count). The molecule has 0 saturated heterocycles. The Morgan fingerprint density at radius 1 is 1.12 bits per heavy atom. The van der Waals surface area contributed by atoms with E-state index in [1.54, 1.807) is 6.07 Å². The molecule has 0 aliphatic carbocycles. The van der Waals surface area contributed by atoms with Crippen LogP contribution in [0.2, 0.25) is 0 Å². The second kappa shape index (κ2) is 6.28. The molecule has 0 amide bonds. The topological polar surface area (TPSA) is 66.5 Å². The smallest absolute Gasteiger partial charge is 0.261 e. The van der Waals surface area contributed by atoms with Gasteiger partial charge in [0.1, 0.15) is 0 Å². The molecule has 0 atom stereocenters. The third-order valence-electron chi connectivity index (χ3n) is 4.25. The summed E-state index contributed by atoms with van der Waals surface area (Å²) >= 11 is 0. The van der Waals surface area contributed by atoms with E-state index in [0.29, 0.717) is 11.3 Å². The number of carbonyl (C=O) groups excluding carboxylic acids is 1. The number of hydrogen-bond donors (Lipinski definition) is 1. The van der Waals surface area contributed by atoms with Crippen LogP contribution >= 0.6 is 0 Å². The number of Topliss-reactive ketones (excluding diaryl/α,β-unsaturated/α-hetero) is 1. The van der Waals surface area contributed by atoms with Crippen molar-refractivity contribution in [3.8, 4) is 0 Å². The summed E-state index contributed by atoms with van der Waals surface area (Å²) in [6, 6.07) is 11.6. The lowest BCUT2D eigenvalue weighted by Gasteiger charge is -2.27. The molecule has 0 fully saturated rings. The lowest BCUT2D eigenvalue weighted by atomic mass is 10.0. The SMILES string of the molecule is CC(=O)c1ccc(S(=O)(=O)Nc2ccc3c(c2)CCCN3C)cc1. The van der Waals surface area contributed by atoms with Crippen LogP contribution in [0.1, 0.15) is 29.3 Å².